The number of carbonyl (C=O) groups excluding carboxylic acids is 1. The third-order valence-electron chi connectivity index (χ3n) is 3.31. The van der Waals surface area contributed by atoms with Crippen LogP contribution in [0.15, 0.2) is 6.07 Å². The number of aromatic nitrogens is 2. The van der Waals surface area contributed by atoms with Gasteiger partial charge in [0.25, 0.3) is 0 Å². The van der Waals surface area contributed by atoms with Crippen molar-refractivity contribution in [3.63, 3.8) is 0 Å². The molecule has 2 rings (SSSR count). The van der Waals surface area contributed by atoms with E-state index < -0.39 is 18.5 Å². The van der Waals surface area contributed by atoms with Crippen LogP contribution in [0, 0.1) is 13.8 Å². The Morgan fingerprint density at radius 3 is 2.77 bits per heavy atom. The Morgan fingerprint density at radius 2 is 2.14 bits per heavy atom. The van der Waals surface area contributed by atoms with Crippen molar-refractivity contribution in [2.24, 2.45) is 0 Å². The zero-order chi connectivity index (χ0) is 16.3. The summed E-state index contributed by atoms with van der Waals surface area (Å²) in [4.78, 5) is 21.1. The van der Waals surface area contributed by atoms with Gasteiger partial charge in [0.15, 0.2) is 0 Å². The van der Waals surface area contributed by atoms with Gasteiger partial charge in [0.2, 0.25) is 11.8 Å². The van der Waals surface area contributed by atoms with Crippen molar-refractivity contribution in [3.8, 4) is 5.88 Å². The van der Waals surface area contributed by atoms with Gasteiger partial charge in [-0.3, -0.25) is 4.79 Å². The molecule has 1 aromatic heterocycles. The van der Waals surface area contributed by atoms with Gasteiger partial charge in [0.1, 0.15) is 18.3 Å². The van der Waals surface area contributed by atoms with Gasteiger partial charge in [0.05, 0.1) is 6.54 Å². The van der Waals surface area contributed by atoms with Crippen molar-refractivity contribution in [3.05, 3.63) is 17.6 Å². The van der Waals surface area contributed by atoms with Crippen LogP contribution in [0.25, 0.3) is 0 Å². The number of aryl methyl sites for hydroxylation is 2. The second-order valence-electron chi connectivity index (χ2n) is 5.41. The maximum absolute atomic E-state index is 12.3. The highest BCUT2D eigenvalue weighted by molar-refractivity contribution is 5.77. The lowest BCUT2D eigenvalue weighted by Gasteiger charge is -2.33. The van der Waals surface area contributed by atoms with E-state index in [-0.39, 0.29) is 12.6 Å². The summed E-state index contributed by atoms with van der Waals surface area (Å²) in [7, 11) is 0. The molecule has 1 aliphatic rings. The first kappa shape index (κ1) is 16.5. The molecule has 1 fully saturated rings. The predicted molar refractivity (Wildman–Crippen MR) is 72.4 cm³/mol. The van der Waals surface area contributed by atoms with E-state index in [1.807, 2.05) is 6.92 Å². The first-order valence-corrected chi connectivity index (χ1v) is 7.06. The van der Waals surface area contributed by atoms with Crippen LogP contribution >= 0.6 is 0 Å². The van der Waals surface area contributed by atoms with E-state index in [9.17, 15) is 18.0 Å². The van der Waals surface area contributed by atoms with Gasteiger partial charge in [-0.1, -0.05) is 0 Å². The number of halogens is 3. The van der Waals surface area contributed by atoms with Crippen LogP contribution in [-0.2, 0) is 4.79 Å². The molecule has 0 aliphatic carbocycles. The highest BCUT2D eigenvalue weighted by Crippen LogP contribution is 2.23. The van der Waals surface area contributed by atoms with E-state index in [1.54, 1.807) is 13.0 Å². The third-order valence-corrected chi connectivity index (χ3v) is 3.31. The number of ether oxygens (including phenoxy) is 1. The van der Waals surface area contributed by atoms with Crippen LogP contribution in [0.3, 0.4) is 0 Å². The summed E-state index contributed by atoms with van der Waals surface area (Å²) in [5.74, 6) is 0.0479. The Morgan fingerprint density at radius 1 is 1.41 bits per heavy atom. The number of alkyl halides is 3. The average Bonchev–Trinajstić information content (AvgIpc) is 2.35. The monoisotopic (exact) mass is 317 g/mol. The van der Waals surface area contributed by atoms with Crippen molar-refractivity contribution in [2.45, 2.75) is 45.4 Å². The van der Waals surface area contributed by atoms with E-state index in [2.05, 4.69) is 9.97 Å². The molecule has 1 aliphatic heterocycles. The average molecular weight is 317 g/mol. The van der Waals surface area contributed by atoms with Crippen LogP contribution in [-0.4, -0.2) is 46.1 Å². The highest BCUT2D eigenvalue weighted by Gasteiger charge is 2.35. The zero-order valence-corrected chi connectivity index (χ0v) is 12.5. The van der Waals surface area contributed by atoms with Gasteiger partial charge >= 0.3 is 6.18 Å². The minimum absolute atomic E-state index is 0.150. The molecule has 0 spiro atoms. The number of likely N-dealkylation sites (tertiary alicyclic amines) is 1. The Kier molecular flexibility index (Phi) is 4.87. The molecular formula is C14H18F3N3O2. The molecule has 1 saturated heterocycles. The smallest absolute Gasteiger partial charge is 0.397 e. The minimum Gasteiger partial charge on any atom is -0.472 e. The van der Waals surface area contributed by atoms with E-state index in [1.165, 1.54) is 4.90 Å². The lowest BCUT2D eigenvalue weighted by molar-refractivity contribution is -0.163. The Balaban J connectivity index is 1.97. The quantitative estimate of drug-likeness (QED) is 0.859. The minimum atomic E-state index is -4.48. The first-order valence-electron chi connectivity index (χ1n) is 7.06. The predicted octanol–water partition coefficient (Wildman–Crippen LogP) is 2.42. The number of hydrogen-bond donors (Lipinski definition) is 0. The van der Waals surface area contributed by atoms with Crippen LogP contribution < -0.4 is 4.74 Å². The molecule has 0 bridgehead atoms. The fourth-order valence-electron chi connectivity index (χ4n) is 2.46. The maximum Gasteiger partial charge on any atom is 0.397 e. The lowest BCUT2D eigenvalue weighted by atomic mass is 10.1. The molecule has 1 amide bonds. The van der Waals surface area contributed by atoms with E-state index in [0.717, 1.165) is 5.69 Å². The van der Waals surface area contributed by atoms with Gasteiger partial charge in [-0.05, 0) is 26.7 Å². The molecule has 122 valence electrons. The molecule has 1 atom stereocenters. The van der Waals surface area contributed by atoms with Gasteiger partial charge < -0.3 is 9.64 Å². The summed E-state index contributed by atoms with van der Waals surface area (Å²) < 4.78 is 42.6. The number of carbonyl (C=O) groups is 1. The fraction of sp³-hybridized carbons (Fsp3) is 0.643. The van der Waals surface area contributed by atoms with Gasteiger partial charge in [-0.2, -0.15) is 18.2 Å². The molecule has 0 unspecified atom stereocenters. The van der Waals surface area contributed by atoms with Crippen molar-refractivity contribution in [1.82, 2.24) is 14.9 Å². The Hall–Kier alpha value is -1.86. The number of hydrogen-bond acceptors (Lipinski definition) is 4. The fourth-order valence-corrected chi connectivity index (χ4v) is 2.46. The zero-order valence-electron chi connectivity index (χ0n) is 12.5. The number of amides is 1. The van der Waals surface area contributed by atoms with E-state index in [0.29, 0.717) is 31.1 Å². The normalized spacial score (nSPS) is 19.1. The van der Waals surface area contributed by atoms with E-state index in [4.69, 9.17) is 4.74 Å². The SMILES string of the molecule is Cc1cc(O[C@H]2CCCN(C(=O)CC(F)(F)F)C2)nc(C)n1. The molecule has 1 aromatic rings. The summed E-state index contributed by atoms with van der Waals surface area (Å²) in [5, 5.41) is 0. The van der Waals surface area contributed by atoms with Gasteiger partial charge in [0, 0.05) is 18.3 Å². The topological polar surface area (TPSA) is 55.3 Å². The summed E-state index contributed by atoms with van der Waals surface area (Å²) in [5.41, 5.74) is 0.753. The molecule has 22 heavy (non-hydrogen) atoms. The summed E-state index contributed by atoms with van der Waals surface area (Å²) in [6.07, 6.45) is -4.97. The van der Waals surface area contributed by atoms with Crippen molar-refractivity contribution in [1.29, 1.82) is 0 Å². The van der Waals surface area contributed by atoms with Gasteiger partial charge in [-0.15, -0.1) is 0 Å². The first-order chi connectivity index (χ1) is 10.2. The van der Waals surface area contributed by atoms with Crippen LogP contribution in [0.4, 0.5) is 13.2 Å². The Bertz CT molecular complexity index is 528. The Labute approximate surface area is 126 Å². The second-order valence-corrected chi connectivity index (χ2v) is 5.41. The number of piperidine rings is 1. The maximum atomic E-state index is 12.3. The van der Waals surface area contributed by atoms with Gasteiger partial charge in [-0.25, -0.2) is 4.98 Å². The summed E-state index contributed by atoms with van der Waals surface area (Å²) >= 11 is 0. The molecular weight excluding hydrogens is 299 g/mol. The number of nitrogens with zero attached hydrogens (tertiary/aromatic N) is 3. The highest BCUT2D eigenvalue weighted by atomic mass is 19.4. The van der Waals surface area contributed by atoms with Crippen LogP contribution in [0.5, 0.6) is 5.88 Å². The standard InChI is InChI=1S/C14H18F3N3O2/c1-9-6-12(19-10(2)18-9)22-11-4-3-5-20(8-11)13(21)7-14(15,16)17/h6,11H,3-5,7-8H2,1-2H3/t11-/m0/s1. The second kappa shape index (κ2) is 6.50. The molecule has 0 saturated carbocycles. The molecule has 8 heteroatoms. The van der Waals surface area contributed by atoms with Crippen molar-refractivity contribution >= 4 is 5.91 Å². The lowest BCUT2D eigenvalue weighted by Crippen LogP contribution is -2.45. The molecule has 0 aromatic carbocycles. The summed E-state index contributed by atoms with van der Waals surface area (Å²) in [6.45, 7) is 4.02. The molecule has 2 heterocycles. The molecule has 0 radical (unpaired) electrons. The summed E-state index contributed by atoms with van der Waals surface area (Å²) in [6, 6.07) is 1.67. The van der Waals surface area contributed by atoms with Crippen LogP contribution in [0.2, 0.25) is 0 Å². The number of rotatable bonds is 3. The van der Waals surface area contributed by atoms with Crippen LogP contribution in [0.1, 0.15) is 30.8 Å². The van der Waals surface area contributed by atoms with Crippen molar-refractivity contribution < 1.29 is 22.7 Å². The molecule has 0 N–H and O–H groups in total. The third kappa shape index (κ3) is 4.85. The molecule has 5 nitrogen and oxygen atoms in total. The van der Waals surface area contributed by atoms with Crippen molar-refractivity contribution in [2.75, 3.05) is 13.1 Å². The largest absolute Gasteiger partial charge is 0.472 e. The van der Waals surface area contributed by atoms with E-state index >= 15 is 0 Å².